The van der Waals surface area contributed by atoms with Gasteiger partial charge in [0.25, 0.3) is 0 Å². The van der Waals surface area contributed by atoms with Gasteiger partial charge in [0.05, 0.1) is 19.3 Å². The number of benzene rings is 1. The lowest BCUT2D eigenvalue weighted by atomic mass is 9.93. The van der Waals surface area contributed by atoms with Gasteiger partial charge < -0.3 is 9.47 Å². The van der Waals surface area contributed by atoms with E-state index in [2.05, 4.69) is 26.0 Å². The average Bonchev–Trinajstić information content (AvgIpc) is 2.59. The van der Waals surface area contributed by atoms with Crippen molar-refractivity contribution in [1.82, 2.24) is 0 Å². The van der Waals surface area contributed by atoms with E-state index in [1.807, 2.05) is 12.1 Å². The zero-order valence-electron chi connectivity index (χ0n) is 10.3. The first-order valence-electron chi connectivity index (χ1n) is 5.97. The molecule has 0 radical (unpaired) electrons. The van der Waals surface area contributed by atoms with Gasteiger partial charge in [0, 0.05) is 0 Å². The topological polar surface area (TPSA) is 18.5 Å². The molecule has 1 aromatic rings. The fourth-order valence-corrected chi connectivity index (χ4v) is 2.46. The number of rotatable bonds is 3. The lowest BCUT2D eigenvalue weighted by Gasteiger charge is -2.13. The molecule has 0 N–H and O–H groups in total. The molecule has 0 aromatic heterocycles. The highest BCUT2D eigenvalue weighted by Gasteiger charge is 2.29. The van der Waals surface area contributed by atoms with Crippen LogP contribution in [0.5, 0.6) is 5.75 Å². The van der Waals surface area contributed by atoms with Crippen LogP contribution in [0.3, 0.4) is 0 Å². The summed E-state index contributed by atoms with van der Waals surface area (Å²) in [5.74, 6) is 1.58. The Morgan fingerprint density at radius 1 is 1.25 bits per heavy atom. The van der Waals surface area contributed by atoms with Crippen molar-refractivity contribution < 1.29 is 9.47 Å². The van der Waals surface area contributed by atoms with Crippen molar-refractivity contribution in [2.24, 2.45) is 5.92 Å². The Morgan fingerprint density at radius 2 is 1.94 bits per heavy atom. The van der Waals surface area contributed by atoms with Crippen molar-refractivity contribution >= 4 is 0 Å². The van der Waals surface area contributed by atoms with Crippen molar-refractivity contribution in [3.8, 4) is 5.75 Å². The maximum absolute atomic E-state index is 5.77. The van der Waals surface area contributed by atoms with Crippen LogP contribution in [0.25, 0.3) is 0 Å². The third-order valence-corrected chi connectivity index (χ3v) is 3.40. The quantitative estimate of drug-likeness (QED) is 0.779. The number of methoxy groups -OCH3 is 1. The fourth-order valence-electron chi connectivity index (χ4n) is 2.46. The van der Waals surface area contributed by atoms with E-state index >= 15 is 0 Å². The fraction of sp³-hybridized carbons (Fsp3) is 0.571. The summed E-state index contributed by atoms with van der Waals surface area (Å²) in [6.07, 6.45) is 3.08. The Labute approximate surface area is 97.6 Å². The highest BCUT2D eigenvalue weighted by atomic mass is 16.5. The molecule has 0 spiro atoms. The van der Waals surface area contributed by atoms with Gasteiger partial charge >= 0.3 is 0 Å². The van der Waals surface area contributed by atoms with Crippen LogP contribution in [0.2, 0.25) is 0 Å². The van der Waals surface area contributed by atoms with E-state index in [0.29, 0.717) is 18.1 Å². The van der Waals surface area contributed by atoms with Crippen LogP contribution in [-0.2, 0) is 11.2 Å². The molecule has 1 aliphatic rings. The number of ether oxygens (including phenoxy) is 2. The minimum atomic E-state index is 0.386. The Balaban J connectivity index is 1.98. The third kappa shape index (κ3) is 2.56. The van der Waals surface area contributed by atoms with E-state index in [1.54, 1.807) is 7.11 Å². The largest absolute Gasteiger partial charge is 0.497 e. The number of hydrogen-bond acceptors (Lipinski definition) is 2. The molecule has 1 aromatic carbocycles. The molecule has 1 saturated heterocycles. The zero-order valence-corrected chi connectivity index (χ0v) is 10.3. The second-order valence-electron chi connectivity index (χ2n) is 4.70. The van der Waals surface area contributed by atoms with Gasteiger partial charge in [-0.3, -0.25) is 0 Å². The second kappa shape index (κ2) is 4.88. The van der Waals surface area contributed by atoms with Crippen LogP contribution in [0.1, 0.15) is 25.8 Å². The molecule has 2 nitrogen and oxygen atoms in total. The summed E-state index contributed by atoms with van der Waals surface area (Å²) in [6, 6.07) is 8.35. The average molecular weight is 220 g/mol. The lowest BCUT2D eigenvalue weighted by Crippen LogP contribution is -2.13. The smallest absolute Gasteiger partial charge is 0.118 e. The normalized spacial score (nSPS) is 29.3. The van der Waals surface area contributed by atoms with Gasteiger partial charge in [0.1, 0.15) is 5.75 Å². The molecular formula is C14H20O2. The molecule has 0 aliphatic carbocycles. The molecule has 0 bridgehead atoms. The first-order valence-corrected chi connectivity index (χ1v) is 5.97. The van der Waals surface area contributed by atoms with Crippen LogP contribution in [0.15, 0.2) is 24.3 Å². The van der Waals surface area contributed by atoms with Gasteiger partial charge in [-0.25, -0.2) is 0 Å². The van der Waals surface area contributed by atoms with Crippen LogP contribution >= 0.6 is 0 Å². The van der Waals surface area contributed by atoms with E-state index in [-0.39, 0.29) is 0 Å². The number of hydrogen-bond donors (Lipinski definition) is 0. The van der Waals surface area contributed by atoms with Crippen molar-refractivity contribution in [3.63, 3.8) is 0 Å². The highest BCUT2D eigenvalue weighted by Crippen LogP contribution is 2.29. The summed E-state index contributed by atoms with van der Waals surface area (Å²) in [5, 5.41) is 0. The summed E-state index contributed by atoms with van der Waals surface area (Å²) >= 11 is 0. The SMILES string of the molecule is COc1ccc(C[C@H]2CC(C)O[C@@H]2C)cc1. The first-order chi connectivity index (χ1) is 7.69. The van der Waals surface area contributed by atoms with Crippen LogP contribution in [0.4, 0.5) is 0 Å². The van der Waals surface area contributed by atoms with E-state index in [4.69, 9.17) is 9.47 Å². The Morgan fingerprint density at radius 3 is 2.44 bits per heavy atom. The summed E-state index contributed by atoms with van der Waals surface area (Å²) < 4.78 is 10.9. The molecule has 3 atom stereocenters. The molecule has 0 saturated carbocycles. The summed E-state index contributed by atoms with van der Waals surface area (Å²) in [4.78, 5) is 0. The minimum absolute atomic E-state index is 0.386. The predicted octanol–water partition coefficient (Wildman–Crippen LogP) is 3.05. The van der Waals surface area contributed by atoms with Crippen LogP contribution in [-0.4, -0.2) is 19.3 Å². The van der Waals surface area contributed by atoms with Crippen LogP contribution in [0, 0.1) is 5.92 Å². The third-order valence-electron chi connectivity index (χ3n) is 3.40. The van der Waals surface area contributed by atoms with E-state index in [9.17, 15) is 0 Å². The standard InChI is InChI=1S/C14H20O2/c1-10-8-13(11(2)16-10)9-12-4-6-14(15-3)7-5-12/h4-7,10-11,13H,8-9H2,1-3H3/t10?,11-,13-/m1/s1. The Hall–Kier alpha value is -1.02. The lowest BCUT2D eigenvalue weighted by molar-refractivity contribution is 0.0560. The van der Waals surface area contributed by atoms with E-state index < -0.39 is 0 Å². The summed E-state index contributed by atoms with van der Waals surface area (Å²) in [6.45, 7) is 4.34. The molecule has 88 valence electrons. The summed E-state index contributed by atoms with van der Waals surface area (Å²) in [5.41, 5.74) is 1.37. The maximum Gasteiger partial charge on any atom is 0.118 e. The van der Waals surface area contributed by atoms with Gasteiger partial charge in [0.2, 0.25) is 0 Å². The molecule has 1 heterocycles. The van der Waals surface area contributed by atoms with Crippen molar-refractivity contribution in [2.75, 3.05) is 7.11 Å². The van der Waals surface area contributed by atoms with E-state index in [1.165, 1.54) is 12.0 Å². The van der Waals surface area contributed by atoms with Crippen molar-refractivity contribution in [3.05, 3.63) is 29.8 Å². The molecule has 16 heavy (non-hydrogen) atoms. The second-order valence-corrected chi connectivity index (χ2v) is 4.70. The van der Waals surface area contributed by atoms with Gasteiger partial charge in [-0.05, 0) is 50.3 Å². The zero-order chi connectivity index (χ0) is 11.5. The van der Waals surface area contributed by atoms with Gasteiger partial charge in [-0.15, -0.1) is 0 Å². The Kier molecular flexibility index (Phi) is 3.49. The van der Waals surface area contributed by atoms with E-state index in [0.717, 1.165) is 12.2 Å². The van der Waals surface area contributed by atoms with Gasteiger partial charge in [-0.2, -0.15) is 0 Å². The first kappa shape index (κ1) is 11.5. The molecular weight excluding hydrogens is 200 g/mol. The maximum atomic E-state index is 5.77. The molecule has 1 aliphatic heterocycles. The monoisotopic (exact) mass is 220 g/mol. The van der Waals surface area contributed by atoms with Gasteiger partial charge in [-0.1, -0.05) is 12.1 Å². The Bertz CT molecular complexity index is 331. The molecule has 2 rings (SSSR count). The highest BCUT2D eigenvalue weighted by molar-refractivity contribution is 5.27. The minimum Gasteiger partial charge on any atom is -0.497 e. The molecule has 1 unspecified atom stereocenters. The predicted molar refractivity (Wildman–Crippen MR) is 64.8 cm³/mol. The molecule has 1 fully saturated rings. The molecule has 0 amide bonds. The van der Waals surface area contributed by atoms with Gasteiger partial charge in [0.15, 0.2) is 0 Å². The van der Waals surface area contributed by atoms with Crippen molar-refractivity contribution in [2.45, 2.75) is 38.9 Å². The summed E-state index contributed by atoms with van der Waals surface area (Å²) in [7, 11) is 1.70. The van der Waals surface area contributed by atoms with Crippen molar-refractivity contribution in [1.29, 1.82) is 0 Å². The van der Waals surface area contributed by atoms with Crippen LogP contribution < -0.4 is 4.74 Å². The molecule has 2 heteroatoms.